The van der Waals surface area contributed by atoms with Crippen LogP contribution in [0.1, 0.15) is 11.4 Å². The Morgan fingerprint density at radius 3 is 2.78 bits per heavy atom. The molecule has 3 aromatic heterocycles. The van der Waals surface area contributed by atoms with Crippen molar-refractivity contribution in [1.29, 1.82) is 0 Å². The maximum atomic E-state index is 12.4. The Bertz CT molecular complexity index is 1200. The summed E-state index contributed by atoms with van der Waals surface area (Å²) in [6, 6.07) is 14.8. The summed E-state index contributed by atoms with van der Waals surface area (Å²) in [5.74, 6) is 7.20. The van der Waals surface area contributed by atoms with Crippen LogP contribution in [0.5, 0.6) is 0 Å². The number of pyridine rings is 1. The summed E-state index contributed by atoms with van der Waals surface area (Å²) in [6.07, 6.45) is 0. The SMILES string of the molecule is Cc1cccc2nc(CSc3nnc(-c4ccccc4Br)n3N)cc(=O)n12. The van der Waals surface area contributed by atoms with Gasteiger partial charge in [-0.25, -0.2) is 9.66 Å². The zero-order valence-electron chi connectivity index (χ0n) is 14.3. The number of nitrogens with zero attached hydrogens (tertiary/aromatic N) is 5. The molecule has 2 N–H and O–H groups in total. The van der Waals surface area contributed by atoms with Gasteiger partial charge in [-0.1, -0.05) is 45.9 Å². The van der Waals surface area contributed by atoms with E-state index in [0.29, 0.717) is 28.1 Å². The van der Waals surface area contributed by atoms with Crippen LogP contribution >= 0.6 is 27.7 Å². The number of nitrogen functional groups attached to an aromatic ring is 1. The molecule has 4 rings (SSSR count). The number of halogens is 1. The van der Waals surface area contributed by atoms with Gasteiger partial charge in [0.2, 0.25) is 5.16 Å². The number of thioether (sulfide) groups is 1. The van der Waals surface area contributed by atoms with Gasteiger partial charge in [-0.3, -0.25) is 9.20 Å². The lowest BCUT2D eigenvalue weighted by Gasteiger charge is -2.07. The first-order valence-electron chi connectivity index (χ1n) is 8.11. The summed E-state index contributed by atoms with van der Waals surface area (Å²) >= 11 is 4.88. The minimum absolute atomic E-state index is 0.100. The molecule has 0 aliphatic rings. The second-order valence-electron chi connectivity index (χ2n) is 5.89. The lowest BCUT2D eigenvalue weighted by molar-refractivity contribution is 0.848. The molecule has 4 aromatic rings. The van der Waals surface area contributed by atoms with Crippen molar-refractivity contribution in [2.45, 2.75) is 17.8 Å². The molecular formula is C18H15BrN6OS. The van der Waals surface area contributed by atoms with E-state index in [0.717, 1.165) is 15.7 Å². The van der Waals surface area contributed by atoms with E-state index >= 15 is 0 Å². The van der Waals surface area contributed by atoms with Crippen LogP contribution in [0.25, 0.3) is 17.0 Å². The monoisotopic (exact) mass is 442 g/mol. The number of nitrogens with two attached hydrogens (primary N) is 1. The summed E-state index contributed by atoms with van der Waals surface area (Å²) in [6.45, 7) is 1.88. The Kier molecular flexibility index (Phi) is 4.71. The highest BCUT2D eigenvalue weighted by atomic mass is 79.9. The summed E-state index contributed by atoms with van der Waals surface area (Å²) < 4.78 is 3.92. The maximum absolute atomic E-state index is 12.4. The third-order valence-electron chi connectivity index (χ3n) is 4.06. The minimum atomic E-state index is -0.100. The van der Waals surface area contributed by atoms with Crippen LogP contribution in [-0.2, 0) is 5.75 Å². The van der Waals surface area contributed by atoms with Crippen molar-refractivity contribution in [2.75, 3.05) is 5.84 Å². The molecule has 0 spiro atoms. The van der Waals surface area contributed by atoms with Gasteiger partial charge in [0.05, 0.1) is 5.69 Å². The molecule has 0 fully saturated rings. The standard InChI is InChI=1S/C18H15BrN6OS/c1-11-5-4-8-15-21-12(9-16(26)24(11)15)10-27-18-23-22-17(25(18)20)13-6-2-3-7-14(13)19/h2-9H,10,20H2,1H3. The Balaban J connectivity index is 1.61. The molecule has 1 aromatic carbocycles. The van der Waals surface area contributed by atoms with Gasteiger partial charge in [-0.05, 0) is 31.2 Å². The molecule has 0 radical (unpaired) electrons. The van der Waals surface area contributed by atoms with Gasteiger partial charge < -0.3 is 5.84 Å². The highest BCUT2D eigenvalue weighted by Gasteiger charge is 2.15. The van der Waals surface area contributed by atoms with Crippen molar-refractivity contribution in [3.8, 4) is 11.4 Å². The summed E-state index contributed by atoms with van der Waals surface area (Å²) in [5, 5.41) is 8.90. The van der Waals surface area contributed by atoms with Gasteiger partial charge >= 0.3 is 0 Å². The van der Waals surface area contributed by atoms with E-state index in [4.69, 9.17) is 5.84 Å². The molecule has 0 aliphatic carbocycles. The molecule has 3 heterocycles. The molecular weight excluding hydrogens is 428 g/mol. The van der Waals surface area contributed by atoms with Crippen LogP contribution in [0.4, 0.5) is 0 Å². The fraction of sp³-hybridized carbons (Fsp3) is 0.111. The Morgan fingerprint density at radius 2 is 1.96 bits per heavy atom. The van der Waals surface area contributed by atoms with Crippen LogP contribution in [0.2, 0.25) is 0 Å². The van der Waals surface area contributed by atoms with E-state index in [1.165, 1.54) is 16.4 Å². The fourth-order valence-corrected chi connectivity index (χ4v) is 3.99. The summed E-state index contributed by atoms with van der Waals surface area (Å²) in [5.41, 5.74) is 2.90. The van der Waals surface area contributed by atoms with Crippen LogP contribution in [0, 0.1) is 6.92 Å². The number of fused-ring (bicyclic) bond motifs is 1. The third-order valence-corrected chi connectivity index (χ3v) is 5.73. The van der Waals surface area contributed by atoms with Gasteiger partial charge in [0, 0.05) is 27.5 Å². The lowest BCUT2D eigenvalue weighted by atomic mass is 10.2. The van der Waals surface area contributed by atoms with Crippen LogP contribution in [0.15, 0.2) is 63.0 Å². The first-order valence-corrected chi connectivity index (χ1v) is 9.89. The van der Waals surface area contributed by atoms with E-state index in [9.17, 15) is 4.79 Å². The number of aryl methyl sites for hydroxylation is 1. The second-order valence-corrected chi connectivity index (χ2v) is 7.69. The average Bonchev–Trinajstić information content (AvgIpc) is 3.01. The van der Waals surface area contributed by atoms with E-state index in [1.54, 1.807) is 10.5 Å². The van der Waals surface area contributed by atoms with Crippen molar-refractivity contribution >= 4 is 33.3 Å². The van der Waals surface area contributed by atoms with Crippen LogP contribution < -0.4 is 11.4 Å². The van der Waals surface area contributed by atoms with E-state index < -0.39 is 0 Å². The molecule has 0 saturated heterocycles. The average molecular weight is 443 g/mol. The van der Waals surface area contributed by atoms with Gasteiger partial charge in [-0.15, -0.1) is 10.2 Å². The molecule has 27 heavy (non-hydrogen) atoms. The van der Waals surface area contributed by atoms with Gasteiger partial charge in [0.15, 0.2) is 5.82 Å². The Hall–Kier alpha value is -2.65. The second kappa shape index (κ2) is 7.16. The summed E-state index contributed by atoms with van der Waals surface area (Å²) in [4.78, 5) is 16.9. The number of aromatic nitrogens is 5. The normalized spacial score (nSPS) is 11.2. The molecule has 0 atom stereocenters. The Labute approximate surface area is 167 Å². The molecule has 7 nitrogen and oxygen atoms in total. The van der Waals surface area contributed by atoms with Gasteiger partial charge in [0.1, 0.15) is 5.65 Å². The first-order chi connectivity index (χ1) is 13.0. The smallest absolute Gasteiger partial charge is 0.258 e. The molecule has 0 saturated carbocycles. The van der Waals surface area contributed by atoms with Crippen molar-refractivity contribution in [3.05, 3.63) is 74.7 Å². The minimum Gasteiger partial charge on any atom is -0.335 e. The molecule has 0 amide bonds. The molecule has 9 heteroatoms. The lowest BCUT2D eigenvalue weighted by Crippen LogP contribution is -2.17. The predicted octanol–water partition coefficient (Wildman–Crippen LogP) is 3.03. The first kappa shape index (κ1) is 17.7. The zero-order chi connectivity index (χ0) is 19.0. The van der Waals surface area contributed by atoms with Crippen LogP contribution in [-0.4, -0.2) is 24.3 Å². The van der Waals surface area contributed by atoms with E-state index in [2.05, 4.69) is 31.1 Å². The topological polar surface area (TPSA) is 91.1 Å². The highest BCUT2D eigenvalue weighted by molar-refractivity contribution is 9.10. The third kappa shape index (κ3) is 3.35. The molecule has 0 bridgehead atoms. The maximum Gasteiger partial charge on any atom is 0.258 e. The van der Waals surface area contributed by atoms with Crippen molar-refractivity contribution < 1.29 is 0 Å². The fourth-order valence-electron chi connectivity index (χ4n) is 2.78. The van der Waals surface area contributed by atoms with E-state index in [1.807, 2.05) is 49.4 Å². The van der Waals surface area contributed by atoms with Crippen molar-refractivity contribution in [3.63, 3.8) is 0 Å². The molecule has 0 unspecified atom stereocenters. The van der Waals surface area contributed by atoms with Crippen molar-refractivity contribution in [1.82, 2.24) is 24.3 Å². The highest BCUT2D eigenvalue weighted by Crippen LogP contribution is 2.28. The predicted molar refractivity (Wildman–Crippen MR) is 109 cm³/mol. The quantitative estimate of drug-likeness (QED) is 0.385. The van der Waals surface area contributed by atoms with Crippen molar-refractivity contribution in [2.24, 2.45) is 0 Å². The largest absolute Gasteiger partial charge is 0.335 e. The molecule has 136 valence electrons. The van der Waals surface area contributed by atoms with Gasteiger partial charge in [0.25, 0.3) is 5.56 Å². The number of benzene rings is 1. The zero-order valence-corrected chi connectivity index (χ0v) is 16.7. The number of hydrogen-bond donors (Lipinski definition) is 1. The summed E-state index contributed by atoms with van der Waals surface area (Å²) in [7, 11) is 0. The molecule has 0 aliphatic heterocycles. The number of rotatable bonds is 4. The van der Waals surface area contributed by atoms with Gasteiger partial charge in [-0.2, -0.15) is 0 Å². The Morgan fingerprint density at radius 1 is 1.15 bits per heavy atom. The van der Waals surface area contributed by atoms with Crippen LogP contribution in [0.3, 0.4) is 0 Å². The number of hydrogen-bond acceptors (Lipinski definition) is 6. The van der Waals surface area contributed by atoms with E-state index in [-0.39, 0.29) is 5.56 Å².